The summed E-state index contributed by atoms with van der Waals surface area (Å²) in [6.45, 7) is 2.32. The number of hydrogen-bond donors (Lipinski definition) is 1. The minimum Gasteiger partial charge on any atom is -0.322 e. The van der Waals surface area contributed by atoms with Crippen LogP contribution in [-0.4, -0.2) is 10.9 Å². The number of nitrogens with one attached hydrogen (secondary N) is 1. The molecule has 0 unspecified atom stereocenters. The highest BCUT2D eigenvalue weighted by molar-refractivity contribution is 6.06. The molecule has 0 radical (unpaired) electrons. The van der Waals surface area contributed by atoms with Gasteiger partial charge in [0.25, 0.3) is 5.91 Å². The molecular formula is C24H20N2O2. The second kappa shape index (κ2) is 7.53. The third-order valence-electron chi connectivity index (χ3n) is 4.78. The Balaban J connectivity index is 1.82. The van der Waals surface area contributed by atoms with Gasteiger partial charge in [-0.2, -0.15) is 0 Å². The van der Waals surface area contributed by atoms with Crippen LogP contribution in [0.5, 0.6) is 0 Å². The standard InChI is InChI=1S/C24H20N2O2/c1-17-11-13-20(14-12-17)26(24(28)18-7-3-2-4-8-18)16-19-15-23(27)25-22-10-6-5-9-21(19)22/h2-15H,16H2,1H3,(H,25,27). The summed E-state index contributed by atoms with van der Waals surface area (Å²) in [5.41, 5.74) is 3.92. The molecule has 4 nitrogen and oxygen atoms in total. The molecule has 0 bridgehead atoms. The van der Waals surface area contributed by atoms with Gasteiger partial charge in [0.05, 0.1) is 6.54 Å². The van der Waals surface area contributed by atoms with Gasteiger partial charge in [-0.15, -0.1) is 0 Å². The van der Waals surface area contributed by atoms with Crippen molar-refractivity contribution in [3.8, 4) is 0 Å². The average Bonchev–Trinajstić information content (AvgIpc) is 2.72. The predicted octanol–water partition coefficient (Wildman–Crippen LogP) is 4.68. The van der Waals surface area contributed by atoms with Crippen LogP contribution in [0.4, 0.5) is 5.69 Å². The molecule has 3 aromatic carbocycles. The number of rotatable bonds is 4. The number of aromatic amines is 1. The molecule has 1 N–H and O–H groups in total. The Hall–Kier alpha value is -3.66. The van der Waals surface area contributed by atoms with E-state index in [1.165, 1.54) is 0 Å². The summed E-state index contributed by atoms with van der Waals surface area (Å²) < 4.78 is 0. The first-order valence-electron chi connectivity index (χ1n) is 9.16. The Morgan fingerprint density at radius 1 is 0.893 bits per heavy atom. The summed E-state index contributed by atoms with van der Waals surface area (Å²) in [5, 5.41) is 0.931. The van der Waals surface area contributed by atoms with Gasteiger partial charge >= 0.3 is 0 Å². The molecule has 28 heavy (non-hydrogen) atoms. The third kappa shape index (κ3) is 3.58. The molecule has 0 saturated heterocycles. The first-order chi connectivity index (χ1) is 13.6. The SMILES string of the molecule is Cc1ccc(N(Cc2cc(=O)[nH]c3ccccc23)C(=O)c2ccccc2)cc1. The monoisotopic (exact) mass is 368 g/mol. The Bertz CT molecular complexity index is 1180. The van der Waals surface area contributed by atoms with Crippen molar-refractivity contribution in [3.63, 3.8) is 0 Å². The van der Waals surface area contributed by atoms with Crippen molar-refractivity contribution in [3.05, 3.63) is 112 Å². The normalized spacial score (nSPS) is 10.8. The van der Waals surface area contributed by atoms with Crippen molar-refractivity contribution in [2.24, 2.45) is 0 Å². The summed E-state index contributed by atoms with van der Waals surface area (Å²) in [5.74, 6) is -0.103. The Morgan fingerprint density at radius 2 is 1.57 bits per heavy atom. The molecule has 1 heterocycles. The van der Waals surface area contributed by atoms with Crippen molar-refractivity contribution in [2.45, 2.75) is 13.5 Å². The summed E-state index contributed by atoms with van der Waals surface area (Å²) in [6.07, 6.45) is 0. The molecule has 4 heteroatoms. The van der Waals surface area contributed by atoms with Crippen LogP contribution >= 0.6 is 0 Å². The van der Waals surface area contributed by atoms with Crippen molar-refractivity contribution in [2.75, 3.05) is 4.90 Å². The zero-order valence-electron chi connectivity index (χ0n) is 15.6. The number of para-hydroxylation sites is 1. The highest BCUT2D eigenvalue weighted by atomic mass is 16.2. The Morgan fingerprint density at radius 3 is 2.32 bits per heavy atom. The van der Waals surface area contributed by atoms with E-state index in [-0.39, 0.29) is 11.5 Å². The molecule has 0 aliphatic rings. The molecule has 0 aliphatic heterocycles. The van der Waals surface area contributed by atoms with Gasteiger partial charge in [-0.25, -0.2) is 0 Å². The Kier molecular flexibility index (Phi) is 4.77. The number of pyridine rings is 1. The van der Waals surface area contributed by atoms with Gasteiger partial charge in [0.2, 0.25) is 5.56 Å². The predicted molar refractivity (Wildman–Crippen MR) is 113 cm³/mol. The first kappa shape index (κ1) is 17.7. The number of nitrogens with zero attached hydrogens (tertiary/aromatic N) is 1. The van der Waals surface area contributed by atoms with Crippen LogP contribution in [0.1, 0.15) is 21.5 Å². The zero-order chi connectivity index (χ0) is 19.5. The largest absolute Gasteiger partial charge is 0.322 e. The topological polar surface area (TPSA) is 53.2 Å². The lowest BCUT2D eigenvalue weighted by molar-refractivity contribution is 0.0985. The van der Waals surface area contributed by atoms with Crippen LogP contribution in [0.15, 0.2) is 89.7 Å². The number of anilines is 1. The van der Waals surface area contributed by atoms with E-state index in [0.29, 0.717) is 12.1 Å². The number of amides is 1. The lowest BCUT2D eigenvalue weighted by atomic mass is 10.1. The number of benzene rings is 3. The summed E-state index contributed by atoms with van der Waals surface area (Å²) in [6, 6.07) is 26.2. The maximum Gasteiger partial charge on any atom is 0.258 e. The number of carbonyl (C=O) groups excluding carboxylic acids is 1. The van der Waals surface area contributed by atoms with Crippen LogP contribution in [0.3, 0.4) is 0 Å². The highest BCUT2D eigenvalue weighted by Crippen LogP contribution is 2.23. The molecule has 1 amide bonds. The van der Waals surface area contributed by atoms with E-state index in [2.05, 4.69) is 4.98 Å². The molecule has 4 rings (SSSR count). The van der Waals surface area contributed by atoms with Gasteiger partial charge in [-0.3, -0.25) is 9.59 Å². The van der Waals surface area contributed by atoms with Gasteiger partial charge in [0.1, 0.15) is 0 Å². The van der Waals surface area contributed by atoms with Crippen molar-refractivity contribution in [1.29, 1.82) is 0 Å². The van der Waals surface area contributed by atoms with E-state index >= 15 is 0 Å². The average molecular weight is 368 g/mol. The highest BCUT2D eigenvalue weighted by Gasteiger charge is 2.19. The number of carbonyl (C=O) groups is 1. The van der Waals surface area contributed by atoms with Gasteiger partial charge < -0.3 is 9.88 Å². The van der Waals surface area contributed by atoms with Gasteiger partial charge in [0, 0.05) is 28.2 Å². The minimum atomic E-state index is -0.176. The molecular weight excluding hydrogens is 348 g/mol. The number of fused-ring (bicyclic) bond motifs is 1. The summed E-state index contributed by atoms with van der Waals surface area (Å²) in [4.78, 5) is 30.0. The van der Waals surface area contributed by atoms with E-state index < -0.39 is 0 Å². The molecule has 0 aliphatic carbocycles. The smallest absolute Gasteiger partial charge is 0.258 e. The van der Waals surface area contributed by atoms with Gasteiger partial charge in [-0.05, 0) is 42.8 Å². The van der Waals surface area contributed by atoms with E-state index in [4.69, 9.17) is 0 Å². The van der Waals surface area contributed by atoms with Crippen LogP contribution in [0.25, 0.3) is 10.9 Å². The molecule has 0 saturated carbocycles. The minimum absolute atomic E-state index is 0.103. The second-order valence-electron chi connectivity index (χ2n) is 6.80. The molecule has 4 aromatic rings. The molecule has 0 spiro atoms. The van der Waals surface area contributed by atoms with Crippen LogP contribution < -0.4 is 10.5 Å². The number of aryl methyl sites for hydroxylation is 1. The van der Waals surface area contributed by atoms with Crippen LogP contribution in [0, 0.1) is 6.92 Å². The fourth-order valence-electron chi connectivity index (χ4n) is 3.32. The lowest BCUT2D eigenvalue weighted by Gasteiger charge is -2.24. The lowest BCUT2D eigenvalue weighted by Crippen LogP contribution is -2.31. The van der Waals surface area contributed by atoms with E-state index in [1.807, 2.05) is 73.7 Å². The first-order valence-corrected chi connectivity index (χ1v) is 9.16. The maximum absolute atomic E-state index is 13.3. The Labute approximate surface area is 163 Å². The van der Waals surface area contributed by atoms with Crippen molar-refractivity contribution in [1.82, 2.24) is 4.98 Å². The van der Waals surface area contributed by atoms with E-state index in [0.717, 1.165) is 27.7 Å². The molecule has 0 fully saturated rings. The maximum atomic E-state index is 13.3. The van der Waals surface area contributed by atoms with Crippen molar-refractivity contribution < 1.29 is 4.79 Å². The molecule has 138 valence electrons. The van der Waals surface area contributed by atoms with E-state index in [9.17, 15) is 9.59 Å². The number of hydrogen-bond acceptors (Lipinski definition) is 2. The van der Waals surface area contributed by atoms with Crippen LogP contribution in [0.2, 0.25) is 0 Å². The number of aromatic nitrogens is 1. The second-order valence-corrected chi connectivity index (χ2v) is 6.80. The van der Waals surface area contributed by atoms with Gasteiger partial charge in [-0.1, -0.05) is 54.1 Å². The molecule has 0 atom stereocenters. The fraction of sp³-hybridized carbons (Fsp3) is 0.0833. The number of H-pyrrole nitrogens is 1. The summed E-state index contributed by atoms with van der Waals surface area (Å²) >= 11 is 0. The van der Waals surface area contributed by atoms with Crippen LogP contribution in [-0.2, 0) is 6.54 Å². The zero-order valence-corrected chi connectivity index (χ0v) is 15.6. The quantitative estimate of drug-likeness (QED) is 0.568. The van der Waals surface area contributed by atoms with Crippen molar-refractivity contribution >= 4 is 22.5 Å². The third-order valence-corrected chi connectivity index (χ3v) is 4.78. The fourth-order valence-corrected chi connectivity index (χ4v) is 3.32. The summed E-state index contributed by atoms with van der Waals surface area (Å²) in [7, 11) is 0. The van der Waals surface area contributed by atoms with Gasteiger partial charge in [0.15, 0.2) is 0 Å². The molecule has 1 aromatic heterocycles. The van der Waals surface area contributed by atoms with E-state index in [1.54, 1.807) is 23.1 Å².